The zero-order valence-electron chi connectivity index (χ0n) is 11.9. The van der Waals surface area contributed by atoms with Gasteiger partial charge in [-0.2, -0.15) is 0 Å². The Morgan fingerprint density at radius 1 is 1.48 bits per heavy atom. The Labute approximate surface area is 128 Å². The van der Waals surface area contributed by atoms with E-state index in [9.17, 15) is 4.79 Å². The average molecular weight is 315 g/mol. The lowest BCUT2D eigenvalue weighted by molar-refractivity contribution is -0.123. The molecule has 1 atom stereocenters. The van der Waals surface area contributed by atoms with Crippen LogP contribution in [0, 0.1) is 0 Å². The van der Waals surface area contributed by atoms with Gasteiger partial charge < -0.3 is 25.3 Å². The van der Waals surface area contributed by atoms with Crippen molar-refractivity contribution in [2.24, 2.45) is 5.73 Å². The first kappa shape index (κ1) is 15.9. The van der Waals surface area contributed by atoms with Crippen LogP contribution >= 0.6 is 11.6 Å². The molecule has 0 saturated carbocycles. The maximum absolute atomic E-state index is 11.8. The predicted octanol–water partition coefficient (Wildman–Crippen LogP) is 1.09. The lowest BCUT2D eigenvalue weighted by atomic mass is 10.1. The van der Waals surface area contributed by atoms with Gasteiger partial charge in [-0.15, -0.1) is 0 Å². The van der Waals surface area contributed by atoms with Crippen molar-refractivity contribution in [3.05, 3.63) is 22.7 Å². The van der Waals surface area contributed by atoms with E-state index in [2.05, 4.69) is 5.32 Å². The first-order valence-corrected chi connectivity index (χ1v) is 7.09. The van der Waals surface area contributed by atoms with Gasteiger partial charge in [0.2, 0.25) is 5.91 Å². The van der Waals surface area contributed by atoms with Crippen LogP contribution in [0.3, 0.4) is 0 Å². The van der Waals surface area contributed by atoms with E-state index in [1.807, 2.05) is 6.07 Å². The second-order valence-corrected chi connectivity index (χ2v) is 5.08. The van der Waals surface area contributed by atoms with Gasteiger partial charge in [-0.1, -0.05) is 11.6 Å². The number of fused-ring (bicyclic) bond motifs is 1. The SMILES string of the molecule is COC(CN)CC(=O)NCc1cc(Cl)c2c(c1)OCCO2. The summed E-state index contributed by atoms with van der Waals surface area (Å²) in [5.74, 6) is 1.04. The Kier molecular flexibility index (Phi) is 5.67. The van der Waals surface area contributed by atoms with Crippen LogP contribution in [0.5, 0.6) is 11.5 Å². The zero-order valence-corrected chi connectivity index (χ0v) is 12.6. The van der Waals surface area contributed by atoms with Crippen molar-refractivity contribution in [2.45, 2.75) is 19.1 Å². The molecule has 21 heavy (non-hydrogen) atoms. The van der Waals surface area contributed by atoms with Crippen LogP contribution in [0.25, 0.3) is 0 Å². The Morgan fingerprint density at radius 3 is 2.95 bits per heavy atom. The van der Waals surface area contributed by atoms with E-state index >= 15 is 0 Å². The van der Waals surface area contributed by atoms with Crippen LogP contribution < -0.4 is 20.5 Å². The molecule has 0 saturated heterocycles. The summed E-state index contributed by atoms with van der Waals surface area (Å²) >= 11 is 6.14. The summed E-state index contributed by atoms with van der Waals surface area (Å²) in [4.78, 5) is 11.8. The van der Waals surface area contributed by atoms with E-state index in [0.717, 1.165) is 5.56 Å². The van der Waals surface area contributed by atoms with Gasteiger partial charge in [0.05, 0.1) is 17.5 Å². The molecule has 0 fully saturated rings. The minimum Gasteiger partial charge on any atom is -0.486 e. The number of ether oxygens (including phenoxy) is 3. The molecule has 1 aromatic carbocycles. The standard InChI is InChI=1S/C14H19ClN2O4/c1-19-10(7-16)6-13(18)17-8-9-4-11(15)14-12(5-9)20-2-3-21-14/h4-5,10H,2-3,6-8,16H2,1H3,(H,17,18). The first-order valence-electron chi connectivity index (χ1n) is 6.71. The van der Waals surface area contributed by atoms with Gasteiger partial charge in [-0.05, 0) is 17.7 Å². The van der Waals surface area contributed by atoms with Gasteiger partial charge >= 0.3 is 0 Å². The number of halogens is 1. The van der Waals surface area contributed by atoms with E-state index in [0.29, 0.717) is 42.8 Å². The number of nitrogens with one attached hydrogen (secondary N) is 1. The highest BCUT2D eigenvalue weighted by atomic mass is 35.5. The summed E-state index contributed by atoms with van der Waals surface area (Å²) in [6.07, 6.45) is -0.0421. The molecule has 2 rings (SSSR count). The van der Waals surface area contributed by atoms with Crippen molar-refractivity contribution in [1.82, 2.24) is 5.32 Å². The van der Waals surface area contributed by atoms with Crippen molar-refractivity contribution >= 4 is 17.5 Å². The lowest BCUT2D eigenvalue weighted by Gasteiger charge is -2.20. The number of hydrogen-bond donors (Lipinski definition) is 2. The molecule has 3 N–H and O–H groups in total. The quantitative estimate of drug-likeness (QED) is 0.821. The van der Waals surface area contributed by atoms with Gasteiger partial charge in [0.25, 0.3) is 0 Å². The van der Waals surface area contributed by atoms with Crippen molar-refractivity contribution in [2.75, 3.05) is 26.9 Å². The smallest absolute Gasteiger partial charge is 0.222 e. The molecule has 116 valence electrons. The molecule has 6 nitrogen and oxygen atoms in total. The maximum atomic E-state index is 11.8. The molecule has 1 aliphatic rings. The minimum absolute atomic E-state index is 0.127. The van der Waals surface area contributed by atoms with Gasteiger partial charge in [0, 0.05) is 20.2 Å². The number of carbonyl (C=O) groups excluding carboxylic acids is 1. The van der Waals surface area contributed by atoms with Crippen molar-refractivity contribution in [1.29, 1.82) is 0 Å². The molecule has 0 radical (unpaired) electrons. The summed E-state index contributed by atoms with van der Waals surface area (Å²) in [5.41, 5.74) is 6.33. The highest BCUT2D eigenvalue weighted by Gasteiger charge is 2.17. The molecular weight excluding hydrogens is 296 g/mol. The summed E-state index contributed by atoms with van der Waals surface area (Å²) in [7, 11) is 1.53. The number of methoxy groups -OCH3 is 1. The van der Waals surface area contributed by atoms with E-state index in [4.69, 9.17) is 31.5 Å². The van der Waals surface area contributed by atoms with Crippen LogP contribution in [0.1, 0.15) is 12.0 Å². The van der Waals surface area contributed by atoms with Crippen LogP contribution in [-0.2, 0) is 16.1 Å². The van der Waals surface area contributed by atoms with Crippen molar-refractivity contribution < 1.29 is 19.0 Å². The first-order chi connectivity index (χ1) is 10.1. The van der Waals surface area contributed by atoms with Crippen LogP contribution in [0.15, 0.2) is 12.1 Å². The molecule has 0 aromatic heterocycles. The molecule has 0 aliphatic carbocycles. The molecule has 0 bridgehead atoms. The Balaban J connectivity index is 1.94. The largest absolute Gasteiger partial charge is 0.486 e. The number of amides is 1. The fourth-order valence-corrected chi connectivity index (χ4v) is 2.30. The van der Waals surface area contributed by atoms with E-state index in [1.165, 1.54) is 7.11 Å². The Hall–Kier alpha value is -1.50. The number of rotatable bonds is 6. The molecule has 1 unspecified atom stereocenters. The second-order valence-electron chi connectivity index (χ2n) is 4.68. The molecule has 1 amide bonds. The fourth-order valence-electron chi connectivity index (χ4n) is 2.01. The second kappa shape index (κ2) is 7.49. The van der Waals surface area contributed by atoms with E-state index in [-0.39, 0.29) is 18.4 Å². The number of carbonyl (C=O) groups is 1. The molecule has 7 heteroatoms. The lowest BCUT2D eigenvalue weighted by Crippen LogP contribution is -2.31. The van der Waals surface area contributed by atoms with Gasteiger partial charge in [-0.3, -0.25) is 4.79 Å². The van der Waals surface area contributed by atoms with Crippen LogP contribution in [0.4, 0.5) is 0 Å². The van der Waals surface area contributed by atoms with Gasteiger partial charge in [0.1, 0.15) is 13.2 Å². The third kappa shape index (κ3) is 4.23. The molecular formula is C14H19ClN2O4. The summed E-state index contributed by atoms with van der Waals surface area (Å²) < 4.78 is 16.0. The average Bonchev–Trinajstić information content (AvgIpc) is 2.50. The van der Waals surface area contributed by atoms with Crippen LogP contribution in [0.2, 0.25) is 5.02 Å². The summed E-state index contributed by atoms with van der Waals surface area (Å²) in [6, 6.07) is 3.57. The summed E-state index contributed by atoms with van der Waals surface area (Å²) in [5, 5.41) is 3.28. The molecule has 1 aromatic rings. The molecule has 0 spiro atoms. The number of hydrogen-bond acceptors (Lipinski definition) is 5. The monoisotopic (exact) mass is 314 g/mol. The van der Waals surface area contributed by atoms with Crippen molar-refractivity contribution in [3.8, 4) is 11.5 Å². The Bertz CT molecular complexity index is 506. The van der Waals surface area contributed by atoms with Gasteiger partial charge in [0.15, 0.2) is 11.5 Å². The van der Waals surface area contributed by atoms with Gasteiger partial charge in [-0.25, -0.2) is 0 Å². The highest BCUT2D eigenvalue weighted by Crippen LogP contribution is 2.38. The third-order valence-corrected chi connectivity index (χ3v) is 3.44. The number of benzene rings is 1. The molecule has 1 aliphatic heterocycles. The van der Waals surface area contributed by atoms with Crippen LogP contribution in [-0.4, -0.2) is 38.9 Å². The fraction of sp³-hybridized carbons (Fsp3) is 0.500. The topological polar surface area (TPSA) is 82.8 Å². The highest BCUT2D eigenvalue weighted by molar-refractivity contribution is 6.32. The third-order valence-electron chi connectivity index (χ3n) is 3.16. The van der Waals surface area contributed by atoms with E-state index in [1.54, 1.807) is 6.07 Å². The zero-order chi connectivity index (χ0) is 15.2. The maximum Gasteiger partial charge on any atom is 0.222 e. The minimum atomic E-state index is -0.270. The number of nitrogens with two attached hydrogens (primary N) is 1. The summed E-state index contributed by atoms with van der Waals surface area (Å²) in [6.45, 7) is 1.64. The predicted molar refractivity (Wildman–Crippen MR) is 78.8 cm³/mol. The van der Waals surface area contributed by atoms with E-state index < -0.39 is 0 Å². The van der Waals surface area contributed by atoms with Crippen molar-refractivity contribution in [3.63, 3.8) is 0 Å². The Morgan fingerprint density at radius 2 is 2.24 bits per heavy atom. The normalized spacial score (nSPS) is 14.6. The molecule has 1 heterocycles.